The lowest BCUT2D eigenvalue weighted by molar-refractivity contribution is 0.305. The van der Waals surface area contributed by atoms with Gasteiger partial charge in [0.05, 0.1) is 0 Å². The number of anilines is 1. The van der Waals surface area contributed by atoms with Gasteiger partial charge in [-0.1, -0.05) is 12.8 Å². The van der Waals surface area contributed by atoms with Crippen molar-refractivity contribution < 1.29 is 4.74 Å². The topological polar surface area (TPSA) is 47.3 Å². The third-order valence-electron chi connectivity index (χ3n) is 3.04. The van der Waals surface area contributed by atoms with E-state index in [0.29, 0.717) is 0 Å². The summed E-state index contributed by atoms with van der Waals surface area (Å²) < 4.78 is 5.60. The molecule has 3 nitrogen and oxygen atoms in total. The van der Waals surface area contributed by atoms with Gasteiger partial charge in [-0.3, -0.25) is 0 Å². The SMILES string of the molecule is Nc1ccc(OCCNC2CCCC2)cc1. The number of nitrogens with two attached hydrogens (primary N) is 1. The Morgan fingerprint density at radius 3 is 2.56 bits per heavy atom. The number of nitrogens with one attached hydrogen (secondary N) is 1. The van der Waals surface area contributed by atoms with Gasteiger partial charge in [-0.25, -0.2) is 0 Å². The second-order valence-electron chi connectivity index (χ2n) is 4.35. The van der Waals surface area contributed by atoms with Crippen LogP contribution in [0.5, 0.6) is 5.75 Å². The summed E-state index contributed by atoms with van der Waals surface area (Å²) >= 11 is 0. The van der Waals surface area contributed by atoms with Gasteiger partial charge < -0.3 is 15.8 Å². The number of hydrogen-bond acceptors (Lipinski definition) is 3. The summed E-state index contributed by atoms with van der Waals surface area (Å²) in [5.41, 5.74) is 6.37. The van der Waals surface area contributed by atoms with E-state index in [9.17, 15) is 0 Å². The molecular formula is C13H20N2O. The molecule has 1 aliphatic carbocycles. The molecule has 0 heterocycles. The first-order valence-corrected chi connectivity index (χ1v) is 6.06. The van der Waals surface area contributed by atoms with Crippen LogP contribution in [0.25, 0.3) is 0 Å². The molecule has 1 aromatic rings. The minimum atomic E-state index is 0.718. The molecule has 3 heteroatoms. The normalized spacial score (nSPS) is 16.5. The van der Waals surface area contributed by atoms with Gasteiger partial charge in [0.25, 0.3) is 0 Å². The molecule has 3 N–H and O–H groups in total. The van der Waals surface area contributed by atoms with Gasteiger partial charge in [0.1, 0.15) is 12.4 Å². The van der Waals surface area contributed by atoms with Crippen molar-refractivity contribution in [3.63, 3.8) is 0 Å². The van der Waals surface area contributed by atoms with Gasteiger partial charge in [0, 0.05) is 18.3 Å². The summed E-state index contributed by atoms with van der Waals surface area (Å²) in [6.07, 6.45) is 5.39. The lowest BCUT2D eigenvalue weighted by atomic mass is 10.2. The van der Waals surface area contributed by atoms with Crippen LogP contribution < -0.4 is 15.8 Å². The Bertz CT molecular complexity index is 304. The Hall–Kier alpha value is -1.22. The zero-order valence-electron chi connectivity index (χ0n) is 9.61. The summed E-state index contributed by atoms with van der Waals surface area (Å²) in [5, 5.41) is 3.51. The molecular weight excluding hydrogens is 200 g/mol. The Kier molecular flexibility index (Phi) is 4.05. The van der Waals surface area contributed by atoms with Crippen LogP contribution in [-0.4, -0.2) is 19.2 Å². The Morgan fingerprint density at radius 1 is 1.19 bits per heavy atom. The van der Waals surface area contributed by atoms with Crippen molar-refractivity contribution in [2.45, 2.75) is 31.7 Å². The zero-order valence-corrected chi connectivity index (χ0v) is 9.61. The highest BCUT2D eigenvalue weighted by molar-refractivity contribution is 5.41. The smallest absolute Gasteiger partial charge is 0.119 e. The highest BCUT2D eigenvalue weighted by atomic mass is 16.5. The molecule has 0 aliphatic heterocycles. The molecule has 0 unspecified atom stereocenters. The minimum Gasteiger partial charge on any atom is -0.492 e. The van der Waals surface area contributed by atoms with Crippen LogP contribution in [0.2, 0.25) is 0 Å². The van der Waals surface area contributed by atoms with Crippen LogP contribution >= 0.6 is 0 Å². The predicted molar refractivity (Wildman–Crippen MR) is 66.6 cm³/mol. The van der Waals surface area contributed by atoms with Crippen LogP contribution in [0, 0.1) is 0 Å². The van der Waals surface area contributed by atoms with E-state index in [0.717, 1.165) is 30.6 Å². The molecule has 0 atom stereocenters. The molecule has 1 aromatic carbocycles. The molecule has 1 fully saturated rings. The zero-order chi connectivity index (χ0) is 11.2. The van der Waals surface area contributed by atoms with Crippen molar-refractivity contribution in [3.05, 3.63) is 24.3 Å². The lowest BCUT2D eigenvalue weighted by Crippen LogP contribution is -2.30. The Labute approximate surface area is 97.0 Å². The first-order valence-electron chi connectivity index (χ1n) is 6.06. The average Bonchev–Trinajstić information content (AvgIpc) is 2.80. The maximum Gasteiger partial charge on any atom is 0.119 e. The molecule has 0 spiro atoms. The maximum absolute atomic E-state index is 5.60. The van der Waals surface area contributed by atoms with E-state index in [1.54, 1.807) is 0 Å². The van der Waals surface area contributed by atoms with Gasteiger partial charge in [-0.2, -0.15) is 0 Å². The third-order valence-corrected chi connectivity index (χ3v) is 3.04. The second kappa shape index (κ2) is 5.75. The van der Waals surface area contributed by atoms with Crippen LogP contribution in [0.15, 0.2) is 24.3 Å². The van der Waals surface area contributed by atoms with Crippen molar-refractivity contribution in [2.75, 3.05) is 18.9 Å². The number of rotatable bonds is 5. The van der Waals surface area contributed by atoms with E-state index in [4.69, 9.17) is 10.5 Å². The summed E-state index contributed by atoms with van der Waals surface area (Å²) in [6.45, 7) is 1.65. The van der Waals surface area contributed by atoms with E-state index < -0.39 is 0 Å². The summed E-state index contributed by atoms with van der Waals surface area (Å²) in [5.74, 6) is 0.891. The van der Waals surface area contributed by atoms with E-state index in [1.165, 1.54) is 25.7 Å². The fourth-order valence-electron chi connectivity index (χ4n) is 2.13. The Balaban J connectivity index is 1.62. The predicted octanol–water partition coefficient (Wildman–Crippen LogP) is 2.18. The monoisotopic (exact) mass is 220 g/mol. The van der Waals surface area contributed by atoms with Crippen LogP contribution in [-0.2, 0) is 0 Å². The molecule has 16 heavy (non-hydrogen) atoms. The molecule has 1 saturated carbocycles. The van der Waals surface area contributed by atoms with Gasteiger partial charge in [-0.05, 0) is 37.1 Å². The van der Waals surface area contributed by atoms with Crippen LogP contribution in [0.3, 0.4) is 0 Å². The van der Waals surface area contributed by atoms with Crippen molar-refractivity contribution in [1.29, 1.82) is 0 Å². The molecule has 0 radical (unpaired) electrons. The number of ether oxygens (including phenoxy) is 1. The van der Waals surface area contributed by atoms with Crippen molar-refractivity contribution in [1.82, 2.24) is 5.32 Å². The van der Waals surface area contributed by atoms with Gasteiger partial charge in [0.15, 0.2) is 0 Å². The number of benzene rings is 1. The molecule has 0 bridgehead atoms. The molecule has 1 aliphatic rings. The molecule has 88 valence electrons. The molecule has 0 aromatic heterocycles. The van der Waals surface area contributed by atoms with Crippen LogP contribution in [0.1, 0.15) is 25.7 Å². The van der Waals surface area contributed by atoms with Crippen LogP contribution in [0.4, 0.5) is 5.69 Å². The fraction of sp³-hybridized carbons (Fsp3) is 0.538. The largest absolute Gasteiger partial charge is 0.492 e. The van der Waals surface area contributed by atoms with Crippen molar-refractivity contribution in [2.24, 2.45) is 0 Å². The summed E-state index contributed by atoms with van der Waals surface area (Å²) in [4.78, 5) is 0. The van der Waals surface area contributed by atoms with Crippen molar-refractivity contribution >= 4 is 5.69 Å². The number of hydrogen-bond donors (Lipinski definition) is 2. The highest BCUT2D eigenvalue weighted by Gasteiger charge is 2.13. The van der Waals surface area contributed by atoms with E-state index in [1.807, 2.05) is 24.3 Å². The van der Waals surface area contributed by atoms with E-state index in [2.05, 4.69) is 5.32 Å². The first kappa shape index (κ1) is 11.3. The number of nitrogen functional groups attached to an aromatic ring is 1. The quantitative estimate of drug-likeness (QED) is 0.590. The lowest BCUT2D eigenvalue weighted by Gasteiger charge is -2.12. The minimum absolute atomic E-state index is 0.718. The standard InChI is InChI=1S/C13H20N2O/c14-11-5-7-13(8-6-11)16-10-9-15-12-3-1-2-4-12/h5-8,12,15H,1-4,9-10,14H2. The Morgan fingerprint density at radius 2 is 1.88 bits per heavy atom. The summed E-state index contributed by atoms with van der Waals surface area (Å²) in [6, 6.07) is 8.25. The average molecular weight is 220 g/mol. The third kappa shape index (κ3) is 3.42. The second-order valence-corrected chi connectivity index (χ2v) is 4.35. The van der Waals surface area contributed by atoms with E-state index >= 15 is 0 Å². The first-order chi connectivity index (χ1) is 7.84. The van der Waals surface area contributed by atoms with Gasteiger partial charge >= 0.3 is 0 Å². The van der Waals surface area contributed by atoms with Crippen molar-refractivity contribution in [3.8, 4) is 5.75 Å². The molecule has 2 rings (SSSR count). The molecule has 0 amide bonds. The maximum atomic E-state index is 5.60. The fourth-order valence-corrected chi connectivity index (χ4v) is 2.13. The summed E-state index contributed by atoms with van der Waals surface area (Å²) in [7, 11) is 0. The van der Waals surface area contributed by atoms with Gasteiger partial charge in [0.2, 0.25) is 0 Å². The van der Waals surface area contributed by atoms with Gasteiger partial charge in [-0.15, -0.1) is 0 Å². The molecule has 0 saturated heterocycles. The highest BCUT2D eigenvalue weighted by Crippen LogP contribution is 2.17. The van der Waals surface area contributed by atoms with E-state index in [-0.39, 0.29) is 0 Å².